The van der Waals surface area contributed by atoms with Crippen molar-refractivity contribution in [2.24, 2.45) is 0 Å². The lowest BCUT2D eigenvalue weighted by molar-refractivity contribution is 0.0525. The molecule has 0 bridgehead atoms. The first-order valence-electron chi connectivity index (χ1n) is 8.66. The summed E-state index contributed by atoms with van der Waals surface area (Å²) in [6.45, 7) is 8.12. The third kappa shape index (κ3) is 4.44. The van der Waals surface area contributed by atoms with Gasteiger partial charge in [0.1, 0.15) is 0 Å². The number of aryl methyl sites for hydroxylation is 1. The normalized spacial score (nSPS) is 16.7. The number of Topliss-reactive ketones (excluding diaryl/α,β-unsaturated/α-hetero) is 1. The summed E-state index contributed by atoms with van der Waals surface area (Å²) in [5.41, 5.74) is 2.46. The van der Waals surface area contributed by atoms with Crippen LogP contribution in [0.25, 0.3) is 0 Å². The van der Waals surface area contributed by atoms with Crippen molar-refractivity contribution in [1.82, 2.24) is 9.88 Å². The van der Waals surface area contributed by atoms with Crippen LogP contribution < -0.4 is 0 Å². The zero-order valence-corrected chi connectivity index (χ0v) is 14.5. The number of ether oxygens (including phenoxy) is 1. The molecule has 1 N–H and O–H groups in total. The van der Waals surface area contributed by atoms with Crippen molar-refractivity contribution < 1.29 is 14.3 Å². The van der Waals surface area contributed by atoms with Crippen LogP contribution in [0.5, 0.6) is 0 Å². The van der Waals surface area contributed by atoms with Gasteiger partial charge in [-0.15, -0.1) is 0 Å². The number of nitrogens with one attached hydrogen (secondary N) is 1. The molecule has 5 nitrogen and oxygen atoms in total. The highest BCUT2D eigenvalue weighted by Crippen LogP contribution is 2.20. The number of nitrogens with zero attached hydrogens (tertiary/aromatic N) is 1. The van der Waals surface area contributed by atoms with E-state index < -0.39 is 0 Å². The molecule has 1 aromatic rings. The minimum absolute atomic E-state index is 0.0571. The number of hydrogen-bond donors (Lipinski definition) is 1. The SMILES string of the molecule is CCOC(=O)c1c(C)[nH]c(C(=O)CN2CCCCCCC2)c1C. The molecule has 0 saturated carbocycles. The van der Waals surface area contributed by atoms with Crippen LogP contribution in [0, 0.1) is 13.8 Å². The van der Waals surface area contributed by atoms with Crippen molar-refractivity contribution in [3.63, 3.8) is 0 Å². The molecule has 5 heteroatoms. The molecule has 2 rings (SSSR count). The lowest BCUT2D eigenvalue weighted by Gasteiger charge is -2.23. The second kappa shape index (κ2) is 8.29. The molecule has 0 aromatic carbocycles. The number of carbonyl (C=O) groups is 2. The monoisotopic (exact) mass is 320 g/mol. The van der Waals surface area contributed by atoms with Crippen LogP contribution in [0.3, 0.4) is 0 Å². The van der Waals surface area contributed by atoms with E-state index in [1.54, 1.807) is 6.92 Å². The number of ketones is 1. The Hall–Kier alpha value is -1.62. The van der Waals surface area contributed by atoms with E-state index in [0.717, 1.165) is 25.9 Å². The van der Waals surface area contributed by atoms with Crippen LogP contribution >= 0.6 is 0 Å². The summed E-state index contributed by atoms with van der Waals surface area (Å²) in [5.74, 6) is -0.300. The van der Waals surface area contributed by atoms with Gasteiger partial charge in [0.15, 0.2) is 5.78 Å². The standard InChI is InChI=1S/C18H28N2O3/c1-4-23-18(22)16-13(2)17(19-14(16)3)15(21)12-20-10-8-6-5-7-9-11-20/h19H,4-12H2,1-3H3. The van der Waals surface area contributed by atoms with Crippen LogP contribution in [0.4, 0.5) is 0 Å². The fourth-order valence-corrected chi connectivity index (χ4v) is 3.29. The van der Waals surface area contributed by atoms with Crippen LogP contribution in [0.1, 0.15) is 71.1 Å². The smallest absolute Gasteiger partial charge is 0.340 e. The molecule has 0 unspecified atom stereocenters. The summed E-state index contributed by atoms with van der Waals surface area (Å²) in [6, 6.07) is 0. The van der Waals surface area contributed by atoms with Gasteiger partial charge in [0.25, 0.3) is 0 Å². The van der Waals surface area contributed by atoms with Gasteiger partial charge >= 0.3 is 5.97 Å². The molecule has 1 aromatic heterocycles. The fourth-order valence-electron chi connectivity index (χ4n) is 3.29. The van der Waals surface area contributed by atoms with Gasteiger partial charge in [-0.25, -0.2) is 4.79 Å². The number of aromatic amines is 1. The molecule has 0 amide bonds. The van der Waals surface area contributed by atoms with Gasteiger partial charge in [-0.2, -0.15) is 0 Å². The van der Waals surface area contributed by atoms with Crippen LogP contribution in [-0.4, -0.2) is 47.9 Å². The van der Waals surface area contributed by atoms with Crippen molar-refractivity contribution >= 4 is 11.8 Å². The van der Waals surface area contributed by atoms with Gasteiger partial charge < -0.3 is 9.72 Å². The molecular weight excluding hydrogens is 292 g/mol. The van der Waals surface area contributed by atoms with Crippen molar-refractivity contribution in [2.75, 3.05) is 26.2 Å². The van der Waals surface area contributed by atoms with Gasteiger partial charge in [0.2, 0.25) is 0 Å². The summed E-state index contributed by atoms with van der Waals surface area (Å²) in [5, 5.41) is 0. The predicted octanol–water partition coefficient (Wildman–Crippen LogP) is 3.26. The van der Waals surface area contributed by atoms with Gasteiger partial charge in [0, 0.05) is 5.69 Å². The van der Waals surface area contributed by atoms with Crippen molar-refractivity contribution in [3.05, 3.63) is 22.5 Å². The average Bonchev–Trinajstić information content (AvgIpc) is 2.77. The lowest BCUT2D eigenvalue weighted by atomic mass is 10.1. The van der Waals surface area contributed by atoms with E-state index in [-0.39, 0.29) is 11.8 Å². The molecule has 1 saturated heterocycles. The summed E-state index contributed by atoms with van der Waals surface area (Å²) in [4.78, 5) is 30.0. The summed E-state index contributed by atoms with van der Waals surface area (Å²) >= 11 is 0. The third-order valence-electron chi connectivity index (χ3n) is 4.51. The third-order valence-corrected chi connectivity index (χ3v) is 4.51. The lowest BCUT2D eigenvalue weighted by Crippen LogP contribution is -2.33. The van der Waals surface area contributed by atoms with E-state index in [1.807, 2.05) is 13.8 Å². The van der Waals surface area contributed by atoms with Crippen LogP contribution in [-0.2, 0) is 4.74 Å². The van der Waals surface area contributed by atoms with E-state index in [9.17, 15) is 9.59 Å². The minimum Gasteiger partial charge on any atom is -0.462 e. The molecule has 1 aliphatic heterocycles. The Kier molecular flexibility index (Phi) is 6.39. The maximum Gasteiger partial charge on any atom is 0.340 e. The quantitative estimate of drug-likeness (QED) is 0.668. The maximum atomic E-state index is 12.7. The number of likely N-dealkylation sites (tertiary alicyclic amines) is 1. The number of H-pyrrole nitrogens is 1. The first kappa shape index (κ1) is 17.7. The van der Waals surface area contributed by atoms with Gasteiger partial charge in [0.05, 0.1) is 24.4 Å². The Morgan fingerprint density at radius 2 is 1.70 bits per heavy atom. The minimum atomic E-state index is -0.357. The topological polar surface area (TPSA) is 62.4 Å². The highest BCUT2D eigenvalue weighted by molar-refractivity contribution is 6.02. The van der Waals surface area contributed by atoms with Gasteiger partial charge in [-0.3, -0.25) is 9.69 Å². The number of esters is 1. The second-order valence-electron chi connectivity index (χ2n) is 6.31. The Morgan fingerprint density at radius 1 is 1.09 bits per heavy atom. The Morgan fingerprint density at radius 3 is 2.30 bits per heavy atom. The first-order valence-corrected chi connectivity index (χ1v) is 8.66. The maximum absolute atomic E-state index is 12.7. The van der Waals surface area contributed by atoms with E-state index in [4.69, 9.17) is 4.74 Å². The van der Waals surface area contributed by atoms with Crippen LogP contribution in [0.2, 0.25) is 0 Å². The molecule has 1 fully saturated rings. The Balaban J connectivity index is 2.09. The highest BCUT2D eigenvalue weighted by Gasteiger charge is 2.24. The Bertz CT molecular complexity index is 555. The van der Waals surface area contributed by atoms with Crippen molar-refractivity contribution in [2.45, 2.75) is 52.9 Å². The fraction of sp³-hybridized carbons (Fsp3) is 0.667. The largest absolute Gasteiger partial charge is 0.462 e. The van der Waals surface area contributed by atoms with E-state index in [0.29, 0.717) is 35.7 Å². The molecule has 0 aliphatic carbocycles. The summed E-state index contributed by atoms with van der Waals surface area (Å²) in [7, 11) is 0. The molecule has 128 valence electrons. The molecule has 0 atom stereocenters. The van der Waals surface area contributed by atoms with Crippen molar-refractivity contribution in [1.29, 1.82) is 0 Å². The number of rotatable bonds is 5. The van der Waals surface area contributed by atoms with E-state index in [1.165, 1.54) is 19.3 Å². The molecular formula is C18H28N2O3. The number of carbonyl (C=O) groups excluding carboxylic acids is 2. The molecule has 0 radical (unpaired) electrons. The molecule has 0 spiro atoms. The first-order chi connectivity index (χ1) is 11.0. The van der Waals surface area contributed by atoms with Crippen molar-refractivity contribution in [3.8, 4) is 0 Å². The predicted molar refractivity (Wildman–Crippen MR) is 90.1 cm³/mol. The number of aromatic nitrogens is 1. The zero-order valence-electron chi connectivity index (χ0n) is 14.5. The van der Waals surface area contributed by atoms with Gasteiger partial charge in [-0.1, -0.05) is 19.3 Å². The second-order valence-corrected chi connectivity index (χ2v) is 6.31. The number of hydrogen-bond acceptors (Lipinski definition) is 4. The Labute approximate surface area is 138 Å². The molecule has 1 aliphatic rings. The zero-order chi connectivity index (χ0) is 16.8. The summed E-state index contributed by atoms with van der Waals surface area (Å²) in [6.07, 6.45) is 6.12. The van der Waals surface area contributed by atoms with Crippen LogP contribution in [0.15, 0.2) is 0 Å². The average molecular weight is 320 g/mol. The highest BCUT2D eigenvalue weighted by atomic mass is 16.5. The van der Waals surface area contributed by atoms with E-state index in [2.05, 4.69) is 9.88 Å². The molecule has 23 heavy (non-hydrogen) atoms. The molecule has 2 heterocycles. The van der Waals surface area contributed by atoms with E-state index >= 15 is 0 Å². The summed E-state index contributed by atoms with van der Waals surface area (Å²) < 4.78 is 5.08. The van der Waals surface area contributed by atoms with Gasteiger partial charge in [-0.05, 0) is 52.3 Å².